The molecule has 0 aliphatic rings. The maximum Gasteiger partial charge on any atom is 0.303 e. The molecule has 7 atom stereocenters. The Morgan fingerprint density at radius 2 is 1.25 bits per heavy atom. The Morgan fingerprint density at radius 1 is 0.806 bits per heavy atom. The quantitative estimate of drug-likeness (QED) is 0.253. The number of hydrogen-bond donors (Lipinski definition) is 1. The standard InChI is InChI=1S/C29H32O7/c1-22(31)36-27(17-30)29(35-20-25-15-9-4-10-16-25)28(34-19-24-13-7-3-8-14-24)26(32)21-33-18-23-11-5-2-6-12-23/h2-17,26-29,32H,18-21H2,1H3/t26-,27-,28-,29-/m1/s1/i18D,19D,20D/t18?,19?,20?,26-,27-,28-,29-. The highest BCUT2D eigenvalue weighted by atomic mass is 16.6. The van der Waals surface area contributed by atoms with E-state index < -0.39 is 56.7 Å². The summed E-state index contributed by atoms with van der Waals surface area (Å²) in [5, 5.41) is 11.2. The Kier molecular flexibility index (Phi) is 9.55. The summed E-state index contributed by atoms with van der Waals surface area (Å²) in [7, 11) is 0. The molecule has 0 aliphatic carbocycles. The van der Waals surface area contributed by atoms with E-state index in [0.29, 0.717) is 23.0 Å². The first-order valence-electron chi connectivity index (χ1n) is 13.2. The minimum Gasteiger partial charge on any atom is -0.452 e. The number of carbonyl (C=O) groups excluding carboxylic acids is 2. The molecule has 0 saturated heterocycles. The average Bonchev–Trinajstić information content (AvgIpc) is 2.97. The lowest BCUT2D eigenvalue weighted by atomic mass is 10.0. The first-order valence-corrected chi connectivity index (χ1v) is 11.4. The van der Waals surface area contributed by atoms with Gasteiger partial charge in [-0.05, 0) is 16.7 Å². The summed E-state index contributed by atoms with van der Waals surface area (Å²) < 4.78 is 47.9. The van der Waals surface area contributed by atoms with Crippen LogP contribution in [0.4, 0.5) is 0 Å². The van der Waals surface area contributed by atoms with Crippen LogP contribution in [0.2, 0.25) is 0 Å². The fraction of sp³-hybridized carbons (Fsp3) is 0.310. The van der Waals surface area contributed by atoms with E-state index in [2.05, 4.69) is 0 Å². The SMILES string of the molecule is [2H]C(OC[C@@H](O)[C@@H](OC([2H])c1ccccc1)[C@H](OC([2H])c1ccccc1)[C@@H](C=O)OC(C)=O)c1ccccc1. The minimum absolute atomic E-state index is 0.326. The molecule has 0 aromatic heterocycles. The third-order valence-electron chi connectivity index (χ3n) is 5.07. The van der Waals surface area contributed by atoms with Crippen LogP contribution >= 0.6 is 0 Å². The fourth-order valence-corrected chi connectivity index (χ4v) is 3.34. The summed E-state index contributed by atoms with van der Waals surface area (Å²) in [6, 6.07) is 25.7. The van der Waals surface area contributed by atoms with Gasteiger partial charge in [0.05, 0.1) is 30.5 Å². The van der Waals surface area contributed by atoms with Crippen molar-refractivity contribution in [2.45, 2.75) is 51.1 Å². The lowest BCUT2D eigenvalue weighted by Gasteiger charge is -2.33. The maximum atomic E-state index is 12.1. The molecule has 0 saturated carbocycles. The van der Waals surface area contributed by atoms with E-state index in [4.69, 9.17) is 23.1 Å². The number of esters is 1. The van der Waals surface area contributed by atoms with Crippen LogP contribution in [0.5, 0.6) is 0 Å². The number of aliphatic hydroxyl groups is 1. The summed E-state index contributed by atoms with van der Waals surface area (Å²) in [6.07, 6.45) is -5.74. The summed E-state index contributed by atoms with van der Waals surface area (Å²) in [5.41, 5.74) is 1.46. The number of hydrogen-bond acceptors (Lipinski definition) is 7. The van der Waals surface area contributed by atoms with Crippen LogP contribution in [-0.2, 0) is 48.3 Å². The Labute approximate surface area is 215 Å². The van der Waals surface area contributed by atoms with Gasteiger partial charge in [-0.15, -0.1) is 0 Å². The van der Waals surface area contributed by atoms with Crippen molar-refractivity contribution in [2.75, 3.05) is 6.61 Å². The lowest BCUT2D eigenvalue weighted by Crippen LogP contribution is -2.51. The van der Waals surface area contributed by atoms with E-state index >= 15 is 0 Å². The van der Waals surface area contributed by atoms with Gasteiger partial charge in [-0.25, -0.2) is 0 Å². The van der Waals surface area contributed by atoms with Crippen molar-refractivity contribution >= 4 is 12.3 Å². The highest BCUT2D eigenvalue weighted by Crippen LogP contribution is 2.20. The zero-order valence-corrected chi connectivity index (χ0v) is 19.9. The second-order valence-corrected chi connectivity index (χ2v) is 7.90. The van der Waals surface area contributed by atoms with Gasteiger partial charge in [0, 0.05) is 6.92 Å². The maximum absolute atomic E-state index is 12.1. The van der Waals surface area contributed by atoms with Gasteiger partial charge in [-0.2, -0.15) is 0 Å². The molecule has 3 aromatic carbocycles. The van der Waals surface area contributed by atoms with Gasteiger partial charge < -0.3 is 24.1 Å². The van der Waals surface area contributed by atoms with Crippen LogP contribution < -0.4 is 0 Å². The number of aliphatic hydroxyl groups excluding tert-OH is 1. The number of carbonyl (C=O) groups is 2. The zero-order valence-electron chi connectivity index (χ0n) is 22.9. The molecular weight excluding hydrogens is 460 g/mol. The van der Waals surface area contributed by atoms with Crippen molar-refractivity contribution in [1.82, 2.24) is 0 Å². The van der Waals surface area contributed by atoms with Crippen molar-refractivity contribution in [3.63, 3.8) is 0 Å². The van der Waals surface area contributed by atoms with Crippen molar-refractivity contribution in [1.29, 1.82) is 0 Å². The normalized spacial score (nSPS) is 18.2. The van der Waals surface area contributed by atoms with Crippen LogP contribution in [0.15, 0.2) is 91.0 Å². The Hall–Kier alpha value is -3.36. The van der Waals surface area contributed by atoms with Gasteiger partial charge in [-0.1, -0.05) is 91.0 Å². The van der Waals surface area contributed by atoms with E-state index in [1.807, 2.05) is 0 Å². The predicted molar refractivity (Wildman–Crippen MR) is 134 cm³/mol. The summed E-state index contributed by atoms with van der Waals surface area (Å²) >= 11 is 0. The number of rotatable bonds is 15. The number of aldehydes is 1. The van der Waals surface area contributed by atoms with Gasteiger partial charge in [0.1, 0.15) is 18.3 Å². The van der Waals surface area contributed by atoms with Gasteiger partial charge in [0.2, 0.25) is 0 Å². The molecule has 190 valence electrons. The second-order valence-electron chi connectivity index (χ2n) is 7.90. The van der Waals surface area contributed by atoms with Crippen LogP contribution in [0.3, 0.4) is 0 Å². The first kappa shape index (κ1) is 23.1. The smallest absolute Gasteiger partial charge is 0.303 e. The monoisotopic (exact) mass is 495 g/mol. The van der Waals surface area contributed by atoms with E-state index in [9.17, 15) is 14.7 Å². The fourth-order valence-electron chi connectivity index (χ4n) is 3.34. The molecule has 7 nitrogen and oxygen atoms in total. The highest BCUT2D eigenvalue weighted by molar-refractivity contribution is 5.70. The van der Waals surface area contributed by atoms with Gasteiger partial charge >= 0.3 is 5.97 Å². The summed E-state index contributed by atoms with van der Waals surface area (Å²) in [5.74, 6) is -0.785. The Morgan fingerprint density at radius 3 is 1.69 bits per heavy atom. The minimum atomic E-state index is -1.57. The molecule has 7 heteroatoms. The molecule has 0 fully saturated rings. The molecule has 3 unspecified atom stereocenters. The van der Waals surface area contributed by atoms with E-state index in [-0.39, 0.29) is 0 Å². The third-order valence-corrected chi connectivity index (χ3v) is 5.07. The molecular formula is C29H32O7. The van der Waals surface area contributed by atoms with E-state index in [1.165, 1.54) is 0 Å². The summed E-state index contributed by atoms with van der Waals surface area (Å²) in [6.45, 7) is -3.13. The lowest BCUT2D eigenvalue weighted by molar-refractivity contribution is -0.189. The topological polar surface area (TPSA) is 91.3 Å². The molecule has 3 aromatic rings. The Balaban J connectivity index is 1.91. The van der Waals surface area contributed by atoms with Crippen LogP contribution in [-0.4, -0.2) is 48.4 Å². The van der Waals surface area contributed by atoms with Gasteiger partial charge in [0.15, 0.2) is 12.4 Å². The van der Waals surface area contributed by atoms with Gasteiger partial charge in [-0.3, -0.25) is 9.59 Å². The van der Waals surface area contributed by atoms with E-state index in [1.54, 1.807) is 91.0 Å². The largest absolute Gasteiger partial charge is 0.452 e. The second kappa shape index (κ2) is 14.9. The summed E-state index contributed by atoms with van der Waals surface area (Å²) in [4.78, 5) is 23.9. The zero-order chi connectivity index (χ0) is 28.2. The average molecular weight is 496 g/mol. The van der Waals surface area contributed by atoms with E-state index in [0.717, 1.165) is 6.92 Å². The number of benzene rings is 3. The molecule has 0 aliphatic heterocycles. The Bertz CT molecular complexity index is 1140. The van der Waals surface area contributed by atoms with Crippen molar-refractivity contribution < 1.29 is 37.8 Å². The third kappa shape index (κ3) is 9.02. The number of ether oxygens (including phenoxy) is 4. The van der Waals surface area contributed by atoms with Crippen molar-refractivity contribution in [3.8, 4) is 0 Å². The van der Waals surface area contributed by atoms with Crippen LogP contribution in [0.1, 0.15) is 27.7 Å². The predicted octanol–water partition coefficient (Wildman–Crippen LogP) is 3.87. The molecule has 0 radical (unpaired) electrons. The molecule has 36 heavy (non-hydrogen) atoms. The highest BCUT2D eigenvalue weighted by Gasteiger charge is 2.38. The van der Waals surface area contributed by atoms with Crippen LogP contribution in [0, 0.1) is 0 Å². The molecule has 0 amide bonds. The van der Waals surface area contributed by atoms with Crippen LogP contribution in [0.25, 0.3) is 0 Å². The van der Waals surface area contributed by atoms with Crippen molar-refractivity contribution in [2.24, 2.45) is 0 Å². The molecule has 1 N–H and O–H groups in total. The molecule has 3 rings (SSSR count). The van der Waals surface area contributed by atoms with Gasteiger partial charge in [0.25, 0.3) is 0 Å². The first-order chi connectivity index (χ1) is 18.8. The molecule has 0 heterocycles. The molecule has 0 bridgehead atoms. The van der Waals surface area contributed by atoms with Crippen molar-refractivity contribution in [3.05, 3.63) is 108 Å². The molecule has 0 spiro atoms.